The Bertz CT molecular complexity index is 420. The van der Waals surface area contributed by atoms with Gasteiger partial charge in [-0.1, -0.05) is 0 Å². The lowest BCUT2D eigenvalue weighted by atomic mass is 10.4. The number of nitrogens with one attached hydrogen (secondary N) is 1. The molecule has 0 bridgehead atoms. The van der Waals surface area contributed by atoms with Gasteiger partial charge in [0.25, 0.3) is 5.56 Å². The lowest BCUT2D eigenvalue weighted by Gasteiger charge is -1.91. The average Bonchev–Trinajstić information content (AvgIpc) is 2.56. The van der Waals surface area contributed by atoms with Crippen molar-refractivity contribution in [2.24, 2.45) is 0 Å². The molecule has 1 N–H and O–H groups in total. The van der Waals surface area contributed by atoms with E-state index in [-0.39, 0.29) is 5.56 Å². The fraction of sp³-hybridized carbons (Fsp3) is 0. The largest absolute Gasteiger partial charge is 0.305 e. The highest BCUT2D eigenvalue weighted by atomic mass is 32.1. The van der Waals surface area contributed by atoms with Crippen molar-refractivity contribution in [2.45, 2.75) is 0 Å². The number of aromatic amines is 1. The molecule has 0 spiro atoms. The van der Waals surface area contributed by atoms with Gasteiger partial charge in [0, 0.05) is 17.6 Å². The van der Waals surface area contributed by atoms with Crippen LogP contribution in [0.2, 0.25) is 0 Å². The predicted octanol–water partition coefficient (Wildman–Crippen LogP) is 0.893. The number of aromatic nitrogens is 3. The van der Waals surface area contributed by atoms with Crippen LogP contribution in [0.5, 0.6) is 0 Å². The van der Waals surface area contributed by atoms with Crippen LogP contribution in [0, 0.1) is 0 Å². The van der Waals surface area contributed by atoms with Gasteiger partial charge in [-0.25, -0.2) is 9.97 Å². The quantitative estimate of drug-likeness (QED) is 0.707. The fourth-order valence-electron chi connectivity index (χ4n) is 0.830. The molecular formula is C7H5N3OS. The molecule has 5 heteroatoms. The molecule has 12 heavy (non-hydrogen) atoms. The van der Waals surface area contributed by atoms with Crippen molar-refractivity contribution in [2.75, 3.05) is 0 Å². The first-order valence-corrected chi connectivity index (χ1v) is 4.24. The van der Waals surface area contributed by atoms with Gasteiger partial charge in [-0.2, -0.15) is 0 Å². The Morgan fingerprint density at radius 1 is 1.42 bits per heavy atom. The Balaban J connectivity index is 2.55. The highest BCUT2D eigenvalue weighted by molar-refractivity contribution is 7.07. The van der Waals surface area contributed by atoms with Gasteiger partial charge in [0.1, 0.15) is 5.69 Å². The van der Waals surface area contributed by atoms with Gasteiger partial charge in [0.2, 0.25) is 0 Å². The van der Waals surface area contributed by atoms with Gasteiger partial charge in [-0.3, -0.25) is 4.79 Å². The summed E-state index contributed by atoms with van der Waals surface area (Å²) in [5.41, 5.74) is 2.24. The first kappa shape index (κ1) is 7.17. The van der Waals surface area contributed by atoms with Crippen LogP contribution < -0.4 is 5.56 Å². The molecule has 60 valence electrons. The van der Waals surface area contributed by atoms with Gasteiger partial charge in [-0.15, -0.1) is 11.3 Å². The molecule has 0 amide bonds. The highest BCUT2D eigenvalue weighted by Crippen LogP contribution is 2.11. The molecule has 0 saturated heterocycles. The van der Waals surface area contributed by atoms with Crippen molar-refractivity contribution in [3.05, 3.63) is 33.5 Å². The van der Waals surface area contributed by atoms with Gasteiger partial charge in [-0.05, 0) is 0 Å². The SMILES string of the molecule is O=c1ccnc(-c2cscn2)[nH]1. The molecule has 2 aromatic rings. The van der Waals surface area contributed by atoms with E-state index in [4.69, 9.17) is 0 Å². The van der Waals surface area contributed by atoms with Crippen LogP contribution in [0.4, 0.5) is 0 Å². The summed E-state index contributed by atoms with van der Waals surface area (Å²) in [7, 11) is 0. The smallest absolute Gasteiger partial charge is 0.251 e. The van der Waals surface area contributed by atoms with E-state index >= 15 is 0 Å². The molecule has 0 fully saturated rings. The molecule has 2 heterocycles. The highest BCUT2D eigenvalue weighted by Gasteiger charge is 1.99. The van der Waals surface area contributed by atoms with E-state index < -0.39 is 0 Å². The van der Waals surface area contributed by atoms with Crippen molar-refractivity contribution in [3.63, 3.8) is 0 Å². The van der Waals surface area contributed by atoms with E-state index in [2.05, 4.69) is 15.0 Å². The van der Waals surface area contributed by atoms with E-state index in [1.54, 1.807) is 5.51 Å². The number of hydrogen-bond acceptors (Lipinski definition) is 4. The van der Waals surface area contributed by atoms with Crippen LogP contribution in [-0.4, -0.2) is 15.0 Å². The maximum Gasteiger partial charge on any atom is 0.251 e. The minimum Gasteiger partial charge on any atom is -0.305 e. The lowest BCUT2D eigenvalue weighted by molar-refractivity contribution is 1.11. The Morgan fingerprint density at radius 3 is 3.00 bits per heavy atom. The Labute approximate surface area is 71.9 Å². The molecule has 0 radical (unpaired) electrons. The zero-order chi connectivity index (χ0) is 8.39. The van der Waals surface area contributed by atoms with Crippen LogP contribution in [0.1, 0.15) is 0 Å². The van der Waals surface area contributed by atoms with E-state index in [1.165, 1.54) is 23.6 Å². The molecule has 2 rings (SSSR count). The molecule has 0 atom stereocenters. The van der Waals surface area contributed by atoms with Crippen molar-refractivity contribution >= 4 is 11.3 Å². The molecule has 0 aromatic carbocycles. The summed E-state index contributed by atoms with van der Waals surface area (Å²) in [6, 6.07) is 1.37. The number of hydrogen-bond donors (Lipinski definition) is 1. The van der Waals surface area contributed by atoms with E-state index in [9.17, 15) is 4.79 Å². The van der Waals surface area contributed by atoms with Crippen LogP contribution in [0.3, 0.4) is 0 Å². The molecule has 2 aromatic heterocycles. The summed E-state index contributed by atoms with van der Waals surface area (Å²) in [5, 5.41) is 1.83. The molecule has 0 aliphatic heterocycles. The standard InChI is InChI=1S/C7H5N3OS/c11-6-1-2-8-7(10-6)5-3-12-4-9-5/h1-4H,(H,8,10,11). The Kier molecular flexibility index (Phi) is 1.71. The van der Waals surface area contributed by atoms with Crippen molar-refractivity contribution in [1.29, 1.82) is 0 Å². The van der Waals surface area contributed by atoms with Gasteiger partial charge < -0.3 is 4.98 Å². The molecule has 0 unspecified atom stereocenters. The number of H-pyrrole nitrogens is 1. The third kappa shape index (κ3) is 1.26. The van der Waals surface area contributed by atoms with Crippen molar-refractivity contribution in [3.8, 4) is 11.5 Å². The summed E-state index contributed by atoms with van der Waals surface area (Å²) in [4.78, 5) is 21.4. The van der Waals surface area contributed by atoms with Crippen molar-refractivity contribution in [1.82, 2.24) is 15.0 Å². The van der Waals surface area contributed by atoms with Crippen molar-refractivity contribution < 1.29 is 0 Å². The second kappa shape index (κ2) is 2.86. The topological polar surface area (TPSA) is 58.6 Å². The Morgan fingerprint density at radius 2 is 2.33 bits per heavy atom. The monoisotopic (exact) mass is 179 g/mol. The van der Waals surface area contributed by atoms with E-state index in [1.807, 2.05) is 5.38 Å². The normalized spacial score (nSPS) is 10.0. The van der Waals surface area contributed by atoms with E-state index in [0.29, 0.717) is 11.5 Å². The number of thiazole rings is 1. The minimum atomic E-state index is -0.159. The van der Waals surface area contributed by atoms with Crippen LogP contribution >= 0.6 is 11.3 Å². The van der Waals surface area contributed by atoms with Crippen LogP contribution in [-0.2, 0) is 0 Å². The summed E-state index contributed by atoms with van der Waals surface area (Å²) < 4.78 is 0. The summed E-state index contributed by atoms with van der Waals surface area (Å²) >= 11 is 1.47. The fourth-order valence-corrected chi connectivity index (χ4v) is 1.37. The predicted molar refractivity (Wildman–Crippen MR) is 46.0 cm³/mol. The van der Waals surface area contributed by atoms with Gasteiger partial charge in [0.05, 0.1) is 5.51 Å². The van der Waals surface area contributed by atoms with E-state index in [0.717, 1.165) is 0 Å². The van der Waals surface area contributed by atoms with Gasteiger partial charge >= 0.3 is 0 Å². The summed E-state index contributed by atoms with van der Waals surface area (Å²) in [6.45, 7) is 0. The minimum absolute atomic E-state index is 0.159. The van der Waals surface area contributed by atoms with Gasteiger partial charge in [0.15, 0.2) is 5.82 Å². The summed E-state index contributed by atoms with van der Waals surface area (Å²) in [6.07, 6.45) is 1.47. The second-order valence-corrected chi connectivity index (χ2v) is 2.88. The molecule has 0 saturated carbocycles. The van der Waals surface area contributed by atoms with Crippen LogP contribution in [0.25, 0.3) is 11.5 Å². The molecule has 4 nitrogen and oxygen atoms in total. The van der Waals surface area contributed by atoms with Crippen LogP contribution in [0.15, 0.2) is 27.9 Å². The first-order valence-electron chi connectivity index (χ1n) is 3.30. The Hall–Kier alpha value is -1.49. The summed E-state index contributed by atoms with van der Waals surface area (Å²) in [5.74, 6) is 0.517. The third-order valence-electron chi connectivity index (χ3n) is 1.35. The third-order valence-corrected chi connectivity index (χ3v) is 1.93. The maximum atomic E-state index is 10.9. The first-order chi connectivity index (χ1) is 5.86. The molecule has 0 aliphatic carbocycles. The number of rotatable bonds is 1. The average molecular weight is 179 g/mol. The second-order valence-electron chi connectivity index (χ2n) is 2.16. The lowest BCUT2D eigenvalue weighted by Crippen LogP contribution is -2.05. The zero-order valence-corrected chi connectivity index (χ0v) is 6.84. The molecular weight excluding hydrogens is 174 g/mol. The maximum absolute atomic E-state index is 10.9. The number of nitrogens with zero attached hydrogens (tertiary/aromatic N) is 2. The molecule has 0 aliphatic rings. The zero-order valence-electron chi connectivity index (χ0n) is 6.02.